The quantitative estimate of drug-likeness (QED) is 0.762. The summed E-state index contributed by atoms with van der Waals surface area (Å²) in [4.78, 5) is 28.2. The number of rotatable bonds is 3. The SMILES string of the molecule is O=C(c1cccc(=O)[nH]1)N1C[C@@H](O)[C@@]2(C1)[C@H](CO)[C@H]2c1ccccc1. The Morgan fingerprint density at radius 3 is 2.64 bits per heavy atom. The third-order valence-electron chi connectivity index (χ3n) is 5.68. The molecule has 2 heterocycles. The predicted octanol–water partition coefficient (Wildman–Crippen LogP) is 0.584. The van der Waals surface area contributed by atoms with Gasteiger partial charge in [-0.15, -0.1) is 0 Å². The molecule has 0 unspecified atom stereocenters. The number of aliphatic hydroxyl groups excluding tert-OH is 2. The third-order valence-corrected chi connectivity index (χ3v) is 5.68. The molecule has 2 aromatic rings. The van der Waals surface area contributed by atoms with Gasteiger partial charge in [0.25, 0.3) is 5.91 Å². The summed E-state index contributed by atoms with van der Waals surface area (Å²) in [5, 5.41) is 20.5. The Morgan fingerprint density at radius 2 is 1.96 bits per heavy atom. The fourth-order valence-electron chi connectivity index (χ4n) is 4.47. The van der Waals surface area contributed by atoms with E-state index in [1.807, 2.05) is 30.3 Å². The fraction of sp³-hybridized carbons (Fsp3) is 0.368. The van der Waals surface area contributed by atoms with Gasteiger partial charge in [-0.1, -0.05) is 36.4 Å². The van der Waals surface area contributed by atoms with Crippen molar-refractivity contribution in [3.63, 3.8) is 0 Å². The largest absolute Gasteiger partial charge is 0.396 e. The zero-order valence-electron chi connectivity index (χ0n) is 13.6. The molecule has 4 atom stereocenters. The topological polar surface area (TPSA) is 93.6 Å². The van der Waals surface area contributed by atoms with Gasteiger partial charge in [-0.3, -0.25) is 9.59 Å². The second-order valence-electron chi connectivity index (χ2n) is 6.92. The van der Waals surface area contributed by atoms with Crippen LogP contribution in [-0.4, -0.2) is 51.8 Å². The van der Waals surface area contributed by atoms with Gasteiger partial charge >= 0.3 is 0 Å². The Balaban J connectivity index is 1.61. The van der Waals surface area contributed by atoms with Gasteiger partial charge in [0, 0.05) is 31.2 Å². The first kappa shape index (κ1) is 16.1. The molecule has 0 radical (unpaired) electrons. The van der Waals surface area contributed by atoms with Gasteiger partial charge in [0.05, 0.1) is 6.10 Å². The summed E-state index contributed by atoms with van der Waals surface area (Å²) in [5.41, 5.74) is 0.445. The molecule has 6 nitrogen and oxygen atoms in total. The van der Waals surface area contributed by atoms with E-state index < -0.39 is 11.5 Å². The zero-order chi connectivity index (χ0) is 17.6. The summed E-state index contributed by atoms with van der Waals surface area (Å²) in [6, 6.07) is 14.2. The van der Waals surface area contributed by atoms with E-state index in [2.05, 4.69) is 4.98 Å². The van der Waals surface area contributed by atoms with Crippen LogP contribution in [0.15, 0.2) is 53.3 Å². The predicted molar refractivity (Wildman–Crippen MR) is 91.2 cm³/mol. The number of hydrogen-bond donors (Lipinski definition) is 3. The van der Waals surface area contributed by atoms with Gasteiger partial charge in [-0.2, -0.15) is 0 Å². The Labute approximate surface area is 144 Å². The number of carbonyl (C=O) groups excluding carboxylic acids is 1. The van der Waals surface area contributed by atoms with Crippen LogP contribution in [0.4, 0.5) is 0 Å². The van der Waals surface area contributed by atoms with Crippen molar-refractivity contribution in [1.29, 1.82) is 0 Å². The minimum atomic E-state index is -0.700. The first-order valence-corrected chi connectivity index (χ1v) is 8.40. The maximum Gasteiger partial charge on any atom is 0.270 e. The molecule has 25 heavy (non-hydrogen) atoms. The van der Waals surface area contributed by atoms with E-state index in [1.54, 1.807) is 11.0 Å². The van der Waals surface area contributed by atoms with Crippen molar-refractivity contribution in [2.24, 2.45) is 11.3 Å². The van der Waals surface area contributed by atoms with Crippen LogP contribution in [0, 0.1) is 11.3 Å². The standard InChI is InChI=1S/C19H20N2O4/c22-10-13-17(12-5-2-1-3-6-12)19(13)11-21(9-15(19)23)18(25)14-7-4-8-16(24)20-14/h1-8,13,15,17,22-23H,9-11H2,(H,20,24)/t13-,15-,17-,19-/m1/s1. The fourth-order valence-corrected chi connectivity index (χ4v) is 4.47. The normalized spacial score (nSPS) is 30.6. The lowest BCUT2D eigenvalue weighted by Gasteiger charge is -2.16. The molecule has 3 N–H and O–H groups in total. The molecular formula is C19H20N2O4. The first-order chi connectivity index (χ1) is 12.1. The maximum absolute atomic E-state index is 12.7. The molecule has 0 bridgehead atoms. The molecule has 4 rings (SSSR count). The van der Waals surface area contributed by atoms with Crippen LogP contribution < -0.4 is 5.56 Å². The second-order valence-corrected chi connectivity index (χ2v) is 6.92. The number of aromatic nitrogens is 1. The molecule has 130 valence electrons. The van der Waals surface area contributed by atoms with E-state index in [0.717, 1.165) is 5.56 Å². The Morgan fingerprint density at radius 1 is 1.20 bits per heavy atom. The van der Waals surface area contributed by atoms with Crippen LogP contribution in [-0.2, 0) is 0 Å². The van der Waals surface area contributed by atoms with Crippen LogP contribution >= 0.6 is 0 Å². The number of aromatic amines is 1. The average Bonchev–Trinajstić information content (AvgIpc) is 3.16. The maximum atomic E-state index is 12.7. The monoisotopic (exact) mass is 340 g/mol. The van der Waals surface area contributed by atoms with Gasteiger partial charge < -0.3 is 20.1 Å². The highest BCUT2D eigenvalue weighted by molar-refractivity contribution is 5.92. The summed E-state index contributed by atoms with van der Waals surface area (Å²) in [7, 11) is 0. The van der Waals surface area contributed by atoms with Gasteiger partial charge in [0.15, 0.2) is 0 Å². The number of likely N-dealkylation sites (tertiary alicyclic amines) is 1. The number of β-amino-alcohol motifs (C(OH)–C–C–N with tert-alkyl or cyclic N) is 1. The van der Waals surface area contributed by atoms with Crippen molar-refractivity contribution >= 4 is 5.91 Å². The van der Waals surface area contributed by atoms with Gasteiger partial charge in [-0.25, -0.2) is 0 Å². The molecule has 2 aliphatic rings. The van der Waals surface area contributed by atoms with Crippen LogP contribution in [0.1, 0.15) is 22.0 Å². The minimum absolute atomic E-state index is 0.0270. The molecule has 2 fully saturated rings. The molecule has 1 spiro atoms. The van der Waals surface area contributed by atoms with E-state index in [9.17, 15) is 19.8 Å². The highest BCUT2D eigenvalue weighted by Gasteiger charge is 2.71. The Hall–Kier alpha value is -2.44. The van der Waals surface area contributed by atoms with Crippen molar-refractivity contribution in [1.82, 2.24) is 9.88 Å². The molecule has 1 saturated heterocycles. The van der Waals surface area contributed by atoms with Crippen molar-refractivity contribution in [3.05, 3.63) is 70.1 Å². The Kier molecular flexibility index (Phi) is 3.74. The van der Waals surface area contributed by atoms with Crippen LogP contribution in [0.5, 0.6) is 0 Å². The molecule has 1 aromatic carbocycles. The molecule has 1 saturated carbocycles. The second kappa shape index (κ2) is 5.82. The number of H-pyrrole nitrogens is 1. The molecule has 1 aliphatic carbocycles. The van der Waals surface area contributed by atoms with E-state index in [4.69, 9.17) is 0 Å². The van der Waals surface area contributed by atoms with Gasteiger partial charge in [0.2, 0.25) is 5.56 Å². The third kappa shape index (κ3) is 2.41. The minimum Gasteiger partial charge on any atom is -0.396 e. The van der Waals surface area contributed by atoms with E-state index in [1.165, 1.54) is 12.1 Å². The molecule has 1 aliphatic heterocycles. The van der Waals surface area contributed by atoms with Gasteiger partial charge in [0.1, 0.15) is 5.69 Å². The summed E-state index contributed by atoms with van der Waals surface area (Å²) in [5.74, 6) is -0.345. The lowest BCUT2D eigenvalue weighted by Crippen LogP contribution is -2.31. The highest BCUT2D eigenvalue weighted by Crippen LogP contribution is 2.68. The number of aliphatic hydroxyl groups is 2. The molecule has 6 heteroatoms. The van der Waals surface area contributed by atoms with Crippen molar-refractivity contribution in [2.45, 2.75) is 12.0 Å². The van der Waals surface area contributed by atoms with E-state index >= 15 is 0 Å². The highest BCUT2D eigenvalue weighted by atomic mass is 16.3. The van der Waals surface area contributed by atoms with Crippen LogP contribution in [0.25, 0.3) is 0 Å². The van der Waals surface area contributed by atoms with Gasteiger partial charge in [-0.05, 0) is 23.5 Å². The van der Waals surface area contributed by atoms with Crippen molar-refractivity contribution in [3.8, 4) is 0 Å². The van der Waals surface area contributed by atoms with E-state index in [-0.39, 0.29) is 42.1 Å². The smallest absolute Gasteiger partial charge is 0.270 e. The average molecular weight is 340 g/mol. The number of pyridine rings is 1. The molecule has 1 amide bonds. The van der Waals surface area contributed by atoms with Crippen molar-refractivity contribution in [2.75, 3.05) is 19.7 Å². The number of benzene rings is 1. The molecule has 1 aromatic heterocycles. The first-order valence-electron chi connectivity index (χ1n) is 8.40. The zero-order valence-corrected chi connectivity index (χ0v) is 13.6. The number of amides is 1. The number of nitrogens with zero attached hydrogens (tertiary/aromatic N) is 1. The summed E-state index contributed by atoms with van der Waals surface area (Å²) >= 11 is 0. The van der Waals surface area contributed by atoms with E-state index in [0.29, 0.717) is 6.54 Å². The lowest BCUT2D eigenvalue weighted by atomic mass is 9.95. The number of hydrogen-bond acceptors (Lipinski definition) is 4. The van der Waals surface area contributed by atoms with Crippen LogP contribution in [0.2, 0.25) is 0 Å². The van der Waals surface area contributed by atoms with Crippen molar-refractivity contribution < 1.29 is 15.0 Å². The number of carbonyl (C=O) groups is 1. The number of nitrogens with one attached hydrogen (secondary N) is 1. The van der Waals surface area contributed by atoms with Crippen LogP contribution in [0.3, 0.4) is 0 Å². The lowest BCUT2D eigenvalue weighted by molar-refractivity contribution is 0.0758. The summed E-state index contributed by atoms with van der Waals surface area (Å²) in [6.45, 7) is 0.547. The summed E-state index contributed by atoms with van der Waals surface area (Å²) < 4.78 is 0. The Bertz CT molecular complexity index is 850. The summed E-state index contributed by atoms with van der Waals surface area (Å²) in [6.07, 6.45) is -0.700. The molecular weight excluding hydrogens is 320 g/mol.